The topological polar surface area (TPSA) is 68.9 Å². The van der Waals surface area contributed by atoms with Gasteiger partial charge in [-0.05, 0) is 30.2 Å². The van der Waals surface area contributed by atoms with Crippen LogP contribution in [0, 0.1) is 6.92 Å². The van der Waals surface area contributed by atoms with E-state index in [1.807, 2.05) is 37.3 Å². The molecular weight excluding hydrogens is 240 g/mol. The Hall–Kier alpha value is -2.33. The molecule has 1 heterocycles. The molecular formula is C15H14N2O2. The molecule has 0 aliphatic rings. The van der Waals surface area contributed by atoms with Crippen LogP contribution in [0.15, 0.2) is 47.3 Å². The molecule has 1 unspecified atom stereocenters. The monoisotopic (exact) mass is 254 g/mol. The number of aromatic amines is 2. The molecule has 3 aromatic rings. The Balaban J connectivity index is 2.05. The molecule has 19 heavy (non-hydrogen) atoms. The minimum Gasteiger partial charge on any atom is -0.384 e. The zero-order valence-electron chi connectivity index (χ0n) is 10.5. The standard InChI is InChI=1S/C15H14N2O2/c1-9-3-2-4-10(7-9)14(18)11-5-6-12-13(8-11)17-15(19)16-12/h2-8,14,18H,1H3,(H2,16,17,19). The fraction of sp³-hybridized carbons (Fsp3) is 0.133. The summed E-state index contributed by atoms with van der Waals surface area (Å²) in [4.78, 5) is 16.6. The number of hydrogen-bond donors (Lipinski definition) is 3. The van der Waals surface area contributed by atoms with Crippen molar-refractivity contribution in [3.8, 4) is 0 Å². The van der Waals surface area contributed by atoms with Crippen molar-refractivity contribution < 1.29 is 5.11 Å². The number of aromatic nitrogens is 2. The summed E-state index contributed by atoms with van der Waals surface area (Å²) < 4.78 is 0. The maximum absolute atomic E-state index is 11.2. The highest BCUT2D eigenvalue weighted by Crippen LogP contribution is 2.24. The quantitative estimate of drug-likeness (QED) is 0.656. The van der Waals surface area contributed by atoms with E-state index in [1.165, 1.54) is 0 Å². The van der Waals surface area contributed by atoms with Crippen molar-refractivity contribution in [3.05, 3.63) is 69.6 Å². The van der Waals surface area contributed by atoms with Crippen LogP contribution in [0.2, 0.25) is 0 Å². The first-order valence-electron chi connectivity index (χ1n) is 6.10. The molecule has 0 bridgehead atoms. The van der Waals surface area contributed by atoms with Gasteiger partial charge in [0.2, 0.25) is 0 Å². The van der Waals surface area contributed by atoms with Gasteiger partial charge >= 0.3 is 5.69 Å². The second-order valence-electron chi connectivity index (χ2n) is 4.70. The molecule has 96 valence electrons. The smallest absolute Gasteiger partial charge is 0.323 e. The Morgan fingerprint density at radius 2 is 1.74 bits per heavy atom. The Kier molecular flexibility index (Phi) is 2.72. The number of hydrogen-bond acceptors (Lipinski definition) is 2. The van der Waals surface area contributed by atoms with Gasteiger partial charge in [-0.1, -0.05) is 35.9 Å². The van der Waals surface area contributed by atoms with Crippen LogP contribution in [0.25, 0.3) is 11.0 Å². The minimum atomic E-state index is -0.692. The number of H-pyrrole nitrogens is 2. The molecule has 0 radical (unpaired) electrons. The van der Waals surface area contributed by atoms with Crippen molar-refractivity contribution in [2.75, 3.05) is 0 Å². The van der Waals surface area contributed by atoms with Gasteiger partial charge in [0.15, 0.2) is 0 Å². The third kappa shape index (κ3) is 2.18. The van der Waals surface area contributed by atoms with Crippen molar-refractivity contribution in [1.29, 1.82) is 0 Å². The molecule has 0 amide bonds. The number of aryl methyl sites for hydroxylation is 1. The summed E-state index contributed by atoms with van der Waals surface area (Å²) in [5, 5.41) is 10.4. The van der Waals surface area contributed by atoms with E-state index >= 15 is 0 Å². The second-order valence-corrected chi connectivity index (χ2v) is 4.70. The molecule has 4 heteroatoms. The number of aliphatic hydroxyl groups is 1. The first-order valence-corrected chi connectivity index (χ1v) is 6.10. The summed E-state index contributed by atoms with van der Waals surface area (Å²) in [6.07, 6.45) is -0.692. The van der Waals surface area contributed by atoms with Crippen molar-refractivity contribution in [1.82, 2.24) is 9.97 Å². The van der Waals surface area contributed by atoms with E-state index in [1.54, 1.807) is 12.1 Å². The van der Waals surface area contributed by atoms with Gasteiger partial charge in [-0.2, -0.15) is 0 Å². The molecule has 1 atom stereocenters. The van der Waals surface area contributed by atoms with Crippen LogP contribution in [0.1, 0.15) is 22.8 Å². The van der Waals surface area contributed by atoms with E-state index in [4.69, 9.17) is 0 Å². The second kappa shape index (κ2) is 4.40. The Bertz CT molecular complexity index is 786. The number of benzene rings is 2. The van der Waals surface area contributed by atoms with Crippen LogP contribution < -0.4 is 5.69 Å². The van der Waals surface area contributed by atoms with Gasteiger partial charge in [0.25, 0.3) is 0 Å². The fourth-order valence-electron chi connectivity index (χ4n) is 2.25. The minimum absolute atomic E-state index is 0.239. The highest BCUT2D eigenvalue weighted by Gasteiger charge is 2.11. The number of aliphatic hydroxyl groups excluding tert-OH is 1. The lowest BCUT2D eigenvalue weighted by molar-refractivity contribution is 0.220. The molecule has 0 saturated heterocycles. The van der Waals surface area contributed by atoms with Gasteiger partial charge in [-0.3, -0.25) is 0 Å². The molecule has 2 aromatic carbocycles. The first kappa shape index (κ1) is 11.7. The normalized spacial score (nSPS) is 12.7. The maximum atomic E-state index is 11.2. The van der Waals surface area contributed by atoms with Crippen LogP contribution in [0.3, 0.4) is 0 Å². The summed E-state index contributed by atoms with van der Waals surface area (Å²) in [6, 6.07) is 13.2. The molecule has 0 aliphatic carbocycles. The average Bonchev–Trinajstić information content (AvgIpc) is 2.76. The van der Waals surface area contributed by atoms with E-state index in [2.05, 4.69) is 9.97 Å². The van der Waals surface area contributed by atoms with Gasteiger partial charge in [0.05, 0.1) is 11.0 Å². The van der Waals surface area contributed by atoms with Crippen LogP contribution >= 0.6 is 0 Å². The van der Waals surface area contributed by atoms with Crippen molar-refractivity contribution in [3.63, 3.8) is 0 Å². The Labute approximate surface area is 109 Å². The summed E-state index contributed by atoms with van der Waals surface area (Å²) in [5.74, 6) is 0. The van der Waals surface area contributed by atoms with E-state index in [0.717, 1.165) is 22.2 Å². The zero-order chi connectivity index (χ0) is 13.4. The van der Waals surface area contributed by atoms with Crippen LogP contribution in [0.5, 0.6) is 0 Å². The Morgan fingerprint density at radius 1 is 1.00 bits per heavy atom. The SMILES string of the molecule is Cc1cccc(C(O)c2ccc3[nH]c(=O)[nH]c3c2)c1. The number of fused-ring (bicyclic) bond motifs is 1. The van der Waals surface area contributed by atoms with Gasteiger partial charge in [0.1, 0.15) is 6.10 Å². The lowest BCUT2D eigenvalue weighted by Crippen LogP contribution is -2.00. The van der Waals surface area contributed by atoms with E-state index in [-0.39, 0.29) is 5.69 Å². The number of nitrogens with one attached hydrogen (secondary N) is 2. The zero-order valence-corrected chi connectivity index (χ0v) is 10.5. The number of rotatable bonds is 2. The lowest BCUT2D eigenvalue weighted by Gasteiger charge is -2.12. The van der Waals surface area contributed by atoms with E-state index in [9.17, 15) is 9.90 Å². The summed E-state index contributed by atoms with van der Waals surface area (Å²) in [6.45, 7) is 1.99. The molecule has 3 rings (SSSR count). The van der Waals surface area contributed by atoms with Crippen molar-refractivity contribution in [2.24, 2.45) is 0 Å². The lowest BCUT2D eigenvalue weighted by atomic mass is 10.00. The van der Waals surface area contributed by atoms with E-state index in [0.29, 0.717) is 5.52 Å². The maximum Gasteiger partial charge on any atom is 0.323 e. The summed E-state index contributed by atoms with van der Waals surface area (Å²) in [7, 11) is 0. The Morgan fingerprint density at radius 3 is 2.53 bits per heavy atom. The fourth-order valence-corrected chi connectivity index (χ4v) is 2.25. The predicted molar refractivity (Wildman–Crippen MR) is 74.2 cm³/mol. The highest BCUT2D eigenvalue weighted by molar-refractivity contribution is 5.75. The van der Waals surface area contributed by atoms with Crippen LogP contribution in [-0.2, 0) is 0 Å². The van der Waals surface area contributed by atoms with Crippen LogP contribution in [-0.4, -0.2) is 15.1 Å². The van der Waals surface area contributed by atoms with Crippen molar-refractivity contribution in [2.45, 2.75) is 13.0 Å². The molecule has 0 saturated carbocycles. The molecule has 0 fully saturated rings. The molecule has 0 spiro atoms. The highest BCUT2D eigenvalue weighted by atomic mass is 16.3. The van der Waals surface area contributed by atoms with Crippen LogP contribution in [0.4, 0.5) is 0 Å². The third-order valence-electron chi connectivity index (χ3n) is 3.21. The summed E-state index contributed by atoms with van der Waals surface area (Å²) >= 11 is 0. The predicted octanol–water partition coefficient (Wildman–Crippen LogP) is 2.25. The third-order valence-corrected chi connectivity index (χ3v) is 3.21. The molecule has 3 N–H and O–H groups in total. The van der Waals surface area contributed by atoms with Crippen molar-refractivity contribution >= 4 is 11.0 Å². The first-order chi connectivity index (χ1) is 9.13. The van der Waals surface area contributed by atoms with Gasteiger partial charge in [-0.25, -0.2) is 4.79 Å². The van der Waals surface area contributed by atoms with Gasteiger partial charge in [0, 0.05) is 0 Å². The average molecular weight is 254 g/mol. The largest absolute Gasteiger partial charge is 0.384 e. The molecule has 1 aromatic heterocycles. The van der Waals surface area contributed by atoms with E-state index < -0.39 is 6.10 Å². The molecule has 4 nitrogen and oxygen atoms in total. The van der Waals surface area contributed by atoms with Gasteiger partial charge in [-0.15, -0.1) is 0 Å². The van der Waals surface area contributed by atoms with Gasteiger partial charge < -0.3 is 15.1 Å². The molecule has 0 aliphatic heterocycles. The summed E-state index contributed by atoms with van der Waals surface area (Å²) in [5.41, 5.74) is 3.91. The number of imidazole rings is 1.